The second-order valence-electron chi connectivity index (χ2n) is 8.18. The third-order valence-electron chi connectivity index (χ3n) is 5.76. The highest BCUT2D eigenvalue weighted by Gasteiger charge is 2.30. The monoisotopic (exact) mass is 427 g/mol. The highest BCUT2D eigenvalue weighted by atomic mass is 16.6. The minimum Gasteiger partial charge on any atom is -0.446 e. The van der Waals surface area contributed by atoms with Crippen molar-refractivity contribution in [3.63, 3.8) is 0 Å². The smallest absolute Gasteiger partial charge is 0.407 e. The molecule has 1 fully saturated rings. The lowest BCUT2D eigenvalue weighted by molar-refractivity contribution is 0.0974. The Labute approximate surface area is 180 Å². The van der Waals surface area contributed by atoms with E-state index in [0.717, 1.165) is 36.9 Å². The number of aliphatic hydroxyl groups excluding tert-OH is 1. The summed E-state index contributed by atoms with van der Waals surface area (Å²) in [6, 6.07) is 3.87. The largest absolute Gasteiger partial charge is 0.446 e. The third kappa shape index (κ3) is 4.79. The van der Waals surface area contributed by atoms with Crippen molar-refractivity contribution in [2.45, 2.75) is 70.6 Å². The number of amides is 1. The first-order valence-electron chi connectivity index (χ1n) is 10.7. The Morgan fingerprint density at radius 1 is 1.39 bits per heavy atom. The lowest BCUT2D eigenvalue weighted by Gasteiger charge is -2.16. The Morgan fingerprint density at radius 2 is 2.23 bits per heavy atom. The molecule has 3 aromatic heterocycles. The molecule has 1 aliphatic rings. The SMILES string of the molecule is CCC(C)NC(=O)O[C@@H]1CC[C@H](c2cc(Nc3nccn4nc(C(C)O)cc34)n[nH]2)C1. The van der Waals surface area contributed by atoms with Gasteiger partial charge < -0.3 is 20.5 Å². The van der Waals surface area contributed by atoms with Crippen molar-refractivity contribution in [2.24, 2.45) is 0 Å². The number of fused-ring (bicyclic) bond motifs is 1. The molecule has 2 unspecified atom stereocenters. The van der Waals surface area contributed by atoms with Gasteiger partial charge in [0.15, 0.2) is 11.6 Å². The van der Waals surface area contributed by atoms with Gasteiger partial charge >= 0.3 is 6.09 Å². The van der Waals surface area contributed by atoms with Crippen LogP contribution >= 0.6 is 0 Å². The Morgan fingerprint density at radius 3 is 3.00 bits per heavy atom. The zero-order chi connectivity index (χ0) is 22.0. The highest BCUT2D eigenvalue weighted by molar-refractivity contribution is 5.72. The second kappa shape index (κ2) is 8.93. The van der Waals surface area contributed by atoms with Crippen LogP contribution in [0.5, 0.6) is 0 Å². The predicted octanol–water partition coefficient (Wildman–Crippen LogP) is 3.41. The van der Waals surface area contributed by atoms with E-state index in [0.29, 0.717) is 17.3 Å². The number of nitrogens with zero attached hydrogens (tertiary/aromatic N) is 4. The third-order valence-corrected chi connectivity index (χ3v) is 5.76. The number of aromatic amines is 1. The fraction of sp³-hybridized carbons (Fsp3) is 0.524. The van der Waals surface area contributed by atoms with Crippen molar-refractivity contribution in [3.05, 3.63) is 35.9 Å². The number of carbonyl (C=O) groups is 1. The molecule has 3 aromatic rings. The number of H-pyrrole nitrogens is 1. The van der Waals surface area contributed by atoms with E-state index >= 15 is 0 Å². The first-order chi connectivity index (χ1) is 14.9. The molecule has 1 saturated carbocycles. The van der Waals surface area contributed by atoms with E-state index in [2.05, 4.69) is 30.9 Å². The molecule has 0 saturated heterocycles. The van der Waals surface area contributed by atoms with Crippen LogP contribution < -0.4 is 10.6 Å². The van der Waals surface area contributed by atoms with Gasteiger partial charge in [-0.1, -0.05) is 6.92 Å². The summed E-state index contributed by atoms with van der Waals surface area (Å²) in [6.45, 7) is 5.66. The number of ether oxygens (including phenoxy) is 1. The van der Waals surface area contributed by atoms with E-state index in [1.165, 1.54) is 0 Å². The first-order valence-corrected chi connectivity index (χ1v) is 10.7. The Hall–Kier alpha value is -3.14. The molecule has 0 bridgehead atoms. The van der Waals surface area contributed by atoms with Crippen LogP contribution in [0, 0.1) is 0 Å². The summed E-state index contributed by atoms with van der Waals surface area (Å²) in [5, 5.41) is 27.7. The molecule has 0 spiro atoms. The number of anilines is 2. The number of carbonyl (C=O) groups excluding carboxylic acids is 1. The van der Waals surface area contributed by atoms with Crippen molar-refractivity contribution in [1.29, 1.82) is 0 Å². The summed E-state index contributed by atoms with van der Waals surface area (Å²) >= 11 is 0. The number of hydrogen-bond acceptors (Lipinski definition) is 7. The zero-order valence-corrected chi connectivity index (χ0v) is 18.0. The molecule has 1 amide bonds. The lowest BCUT2D eigenvalue weighted by atomic mass is 10.0. The van der Waals surface area contributed by atoms with Gasteiger partial charge in [-0.15, -0.1) is 0 Å². The Kier molecular flexibility index (Phi) is 6.08. The summed E-state index contributed by atoms with van der Waals surface area (Å²) < 4.78 is 7.24. The molecule has 4 N–H and O–H groups in total. The van der Waals surface area contributed by atoms with E-state index < -0.39 is 6.10 Å². The average Bonchev–Trinajstić information content (AvgIpc) is 3.47. The van der Waals surface area contributed by atoms with Crippen LogP contribution in [0.3, 0.4) is 0 Å². The van der Waals surface area contributed by atoms with Crippen molar-refractivity contribution >= 4 is 23.2 Å². The number of hydrogen-bond donors (Lipinski definition) is 4. The molecule has 0 radical (unpaired) electrons. The Bertz CT molecular complexity index is 1040. The lowest BCUT2D eigenvalue weighted by Crippen LogP contribution is -2.34. The van der Waals surface area contributed by atoms with Crippen LogP contribution in [0.1, 0.15) is 69.9 Å². The van der Waals surface area contributed by atoms with Crippen molar-refractivity contribution in [3.8, 4) is 0 Å². The van der Waals surface area contributed by atoms with Gasteiger partial charge in [-0.3, -0.25) is 5.10 Å². The summed E-state index contributed by atoms with van der Waals surface area (Å²) in [7, 11) is 0. The van der Waals surface area contributed by atoms with Gasteiger partial charge in [0.2, 0.25) is 0 Å². The summed E-state index contributed by atoms with van der Waals surface area (Å²) in [4.78, 5) is 16.4. The molecule has 3 heterocycles. The molecular weight excluding hydrogens is 398 g/mol. The topological polar surface area (TPSA) is 129 Å². The molecule has 166 valence electrons. The van der Waals surface area contributed by atoms with Gasteiger partial charge in [-0.2, -0.15) is 10.2 Å². The van der Waals surface area contributed by atoms with Crippen molar-refractivity contribution in [2.75, 3.05) is 5.32 Å². The van der Waals surface area contributed by atoms with Crippen molar-refractivity contribution < 1.29 is 14.6 Å². The molecule has 4 atom stereocenters. The average molecular weight is 428 g/mol. The first kappa shape index (κ1) is 21.1. The van der Waals surface area contributed by atoms with Crippen molar-refractivity contribution in [1.82, 2.24) is 30.1 Å². The predicted molar refractivity (Wildman–Crippen MR) is 115 cm³/mol. The highest BCUT2D eigenvalue weighted by Crippen LogP contribution is 2.36. The van der Waals surface area contributed by atoms with Gasteiger partial charge in [0.25, 0.3) is 0 Å². The van der Waals surface area contributed by atoms with Crippen LogP contribution in [0.15, 0.2) is 24.5 Å². The minimum atomic E-state index is -0.658. The molecule has 10 nitrogen and oxygen atoms in total. The molecular formula is C21H29N7O3. The fourth-order valence-electron chi connectivity index (χ4n) is 3.79. The molecule has 4 rings (SSSR count). The maximum Gasteiger partial charge on any atom is 0.407 e. The molecule has 0 aromatic carbocycles. The Balaban J connectivity index is 1.39. The number of aliphatic hydroxyl groups is 1. The van der Waals surface area contributed by atoms with Crippen LogP contribution in [-0.2, 0) is 4.74 Å². The number of nitrogens with one attached hydrogen (secondary N) is 3. The molecule has 10 heteroatoms. The maximum atomic E-state index is 12.0. The quantitative estimate of drug-likeness (QED) is 0.455. The van der Waals surface area contributed by atoms with Gasteiger partial charge in [-0.25, -0.2) is 14.3 Å². The number of aromatic nitrogens is 5. The number of alkyl carbamates (subject to hydrolysis) is 1. The van der Waals surface area contributed by atoms with Crippen LogP contribution in [0.2, 0.25) is 0 Å². The van der Waals surface area contributed by atoms with E-state index in [-0.39, 0.29) is 24.2 Å². The normalized spacial score (nSPS) is 20.5. The van der Waals surface area contributed by atoms with Gasteiger partial charge in [0.1, 0.15) is 11.6 Å². The fourth-order valence-corrected chi connectivity index (χ4v) is 3.79. The van der Waals surface area contributed by atoms with Gasteiger partial charge in [0.05, 0.1) is 11.8 Å². The van der Waals surface area contributed by atoms with Crippen LogP contribution in [0.25, 0.3) is 5.52 Å². The van der Waals surface area contributed by atoms with E-state index in [1.54, 1.807) is 29.9 Å². The van der Waals surface area contributed by atoms with Crippen LogP contribution in [-0.4, -0.2) is 48.1 Å². The van der Waals surface area contributed by atoms with E-state index in [9.17, 15) is 9.90 Å². The summed E-state index contributed by atoms with van der Waals surface area (Å²) in [5.41, 5.74) is 2.33. The number of rotatable bonds is 7. The standard InChI is InChI=1S/C21H29N7O3/c1-4-12(2)23-21(30)31-15-6-5-14(9-15)17-11-19(26-25-17)24-20-18-10-16(13(3)29)27-28(18)8-7-22-20/h7-8,10-15,29H,4-6,9H2,1-3H3,(H,23,30)(H2,22,24,25,26)/t12?,13?,14-,15+/m0/s1. The van der Waals surface area contributed by atoms with E-state index in [4.69, 9.17) is 4.74 Å². The molecule has 1 aliphatic carbocycles. The summed E-state index contributed by atoms with van der Waals surface area (Å²) in [5.74, 6) is 1.51. The van der Waals surface area contributed by atoms with E-state index in [1.807, 2.05) is 19.9 Å². The maximum absolute atomic E-state index is 12.0. The molecule has 31 heavy (non-hydrogen) atoms. The molecule has 0 aliphatic heterocycles. The van der Waals surface area contributed by atoms with Crippen LogP contribution in [0.4, 0.5) is 16.4 Å². The van der Waals surface area contributed by atoms with Gasteiger partial charge in [-0.05, 0) is 45.6 Å². The zero-order valence-electron chi connectivity index (χ0n) is 18.0. The second-order valence-corrected chi connectivity index (χ2v) is 8.18. The summed E-state index contributed by atoms with van der Waals surface area (Å²) in [6.07, 6.45) is 5.69. The minimum absolute atomic E-state index is 0.0881. The van der Waals surface area contributed by atoms with Gasteiger partial charge in [0, 0.05) is 36.1 Å².